The molecule has 6 nitrogen and oxygen atoms in total. The molecule has 0 saturated heterocycles. The van der Waals surface area contributed by atoms with E-state index >= 15 is 0 Å². The highest BCUT2D eigenvalue weighted by atomic mass is 32.1. The first-order valence-electron chi connectivity index (χ1n) is 22.1. The van der Waals surface area contributed by atoms with Gasteiger partial charge < -0.3 is 13.4 Å². The van der Waals surface area contributed by atoms with Gasteiger partial charge in [0.15, 0.2) is 17.5 Å². The topological polar surface area (TPSA) is 69.9 Å². The predicted molar refractivity (Wildman–Crippen MR) is 273 cm³/mol. The van der Waals surface area contributed by atoms with Crippen LogP contribution in [-0.4, -0.2) is 19.5 Å². The molecular formula is C59H32N4O2S. The maximum absolute atomic E-state index is 6.94. The van der Waals surface area contributed by atoms with Gasteiger partial charge in [-0.15, -0.1) is 11.3 Å². The molecule has 15 aromatic rings. The van der Waals surface area contributed by atoms with E-state index in [0.717, 1.165) is 98.8 Å². The summed E-state index contributed by atoms with van der Waals surface area (Å²) in [5.41, 5.74) is 9.04. The van der Waals surface area contributed by atoms with E-state index in [2.05, 4.69) is 174 Å². The molecule has 0 N–H and O–H groups in total. The Balaban J connectivity index is 1.08. The van der Waals surface area contributed by atoms with Crippen molar-refractivity contribution in [1.82, 2.24) is 19.5 Å². The Morgan fingerprint density at radius 1 is 0.364 bits per heavy atom. The van der Waals surface area contributed by atoms with Gasteiger partial charge in [-0.2, -0.15) is 0 Å². The van der Waals surface area contributed by atoms with E-state index in [0.29, 0.717) is 17.5 Å². The molecule has 0 atom stereocenters. The molecule has 10 aromatic carbocycles. The van der Waals surface area contributed by atoms with Gasteiger partial charge in [0, 0.05) is 69.2 Å². The average Bonchev–Trinajstić information content (AvgIpc) is 4.14. The van der Waals surface area contributed by atoms with Crippen LogP contribution < -0.4 is 0 Å². The summed E-state index contributed by atoms with van der Waals surface area (Å²) >= 11 is 1.80. The molecule has 15 rings (SSSR count). The number of nitrogens with zero attached hydrogens (tertiary/aromatic N) is 4. The number of aromatic nitrogens is 4. The first-order chi connectivity index (χ1) is 32.7. The molecule has 306 valence electrons. The predicted octanol–water partition coefficient (Wildman–Crippen LogP) is 16.4. The molecule has 0 aliphatic heterocycles. The highest BCUT2D eigenvalue weighted by Crippen LogP contribution is 2.46. The summed E-state index contributed by atoms with van der Waals surface area (Å²) in [6.07, 6.45) is 0. The van der Waals surface area contributed by atoms with Crippen LogP contribution in [0.25, 0.3) is 147 Å². The van der Waals surface area contributed by atoms with Gasteiger partial charge in [0.2, 0.25) is 0 Å². The first-order valence-corrected chi connectivity index (χ1v) is 22.9. The normalized spacial score (nSPS) is 12.2. The molecule has 0 fully saturated rings. The highest BCUT2D eigenvalue weighted by Gasteiger charge is 2.26. The summed E-state index contributed by atoms with van der Waals surface area (Å²) in [4.78, 5) is 16.3. The third kappa shape index (κ3) is 5.14. The van der Waals surface area contributed by atoms with Gasteiger partial charge >= 0.3 is 0 Å². The van der Waals surface area contributed by atoms with Crippen LogP contribution >= 0.6 is 11.3 Å². The Bertz CT molecular complexity index is 4420. The molecule has 5 heterocycles. The van der Waals surface area contributed by atoms with Crippen molar-refractivity contribution in [3.8, 4) is 39.9 Å². The minimum atomic E-state index is 0.557. The lowest BCUT2D eigenvalue weighted by molar-refractivity contribution is 0.669. The van der Waals surface area contributed by atoms with Crippen molar-refractivity contribution in [3.05, 3.63) is 194 Å². The zero-order valence-electron chi connectivity index (χ0n) is 35.0. The molecule has 0 spiro atoms. The Kier molecular flexibility index (Phi) is 7.28. The summed E-state index contributed by atoms with van der Waals surface area (Å²) in [6.45, 7) is 0. The molecule has 0 aliphatic rings. The molecule has 0 bridgehead atoms. The van der Waals surface area contributed by atoms with Crippen molar-refractivity contribution in [2.75, 3.05) is 0 Å². The minimum Gasteiger partial charge on any atom is -0.456 e. The van der Waals surface area contributed by atoms with Crippen LogP contribution in [0.2, 0.25) is 0 Å². The monoisotopic (exact) mass is 860 g/mol. The standard InChI is InChI=1S/C59H32N4O2S/c1-2-13-35-32-48-44(29-34(35)12-1)39-15-5-8-18-47(39)63(48)55-43(25-27-51-54(55)42-24-21-33-11-3-4-14-38(33)56(42)65-51)59-61-57(36-22-26-50-45(30-36)40-16-6-9-19-49(40)64-50)60-58(62-59)37-23-28-53-46(31-37)41-17-7-10-20-52(41)66-53/h1-32H. The number of hydrogen-bond donors (Lipinski definition) is 0. The molecule has 7 heteroatoms. The van der Waals surface area contributed by atoms with Crippen LogP contribution in [0.4, 0.5) is 0 Å². The quantitative estimate of drug-likeness (QED) is 0.176. The van der Waals surface area contributed by atoms with Crippen LogP contribution in [0, 0.1) is 0 Å². The molecule has 5 aromatic heterocycles. The molecule has 0 radical (unpaired) electrons. The van der Waals surface area contributed by atoms with Gasteiger partial charge in [-0.1, -0.05) is 109 Å². The van der Waals surface area contributed by atoms with Crippen molar-refractivity contribution in [1.29, 1.82) is 0 Å². The van der Waals surface area contributed by atoms with Gasteiger partial charge in [-0.3, -0.25) is 0 Å². The van der Waals surface area contributed by atoms with E-state index in [-0.39, 0.29) is 0 Å². The Morgan fingerprint density at radius 2 is 1.00 bits per heavy atom. The third-order valence-corrected chi connectivity index (χ3v) is 14.6. The number of hydrogen-bond acceptors (Lipinski definition) is 6. The fourth-order valence-corrected chi connectivity index (χ4v) is 11.5. The van der Waals surface area contributed by atoms with E-state index in [4.69, 9.17) is 23.8 Å². The second kappa shape index (κ2) is 13.4. The van der Waals surface area contributed by atoms with Gasteiger partial charge in [0.05, 0.1) is 22.1 Å². The molecule has 0 amide bonds. The van der Waals surface area contributed by atoms with E-state index in [1.165, 1.54) is 30.9 Å². The van der Waals surface area contributed by atoms with Gasteiger partial charge in [-0.25, -0.2) is 15.0 Å². The van der Waals surface area contributed by atoms with Gasteiger partial charge in [0.1, 0.15) is 22.3 Å². The van der Waals surface area contributed by atoms with E-state index in [9.17, 15) is 0 Å². The summed E-state index contributed by atoms with van der Waals surface area (Å²) in [5, 5.41) is 13.3. The van der Waals surface area contributed by atoms with Crippen molar-refractivity contribution in [3.63, 3.8) is 0 Å². The average molecular weight is 861 g/mol. The lowest BCUT2D eigenvalue weighted by Crippen LogP contribution is -2.04. The van der Waals surface area contributed by atoms with Crippen molar-refractivity contribution in [2.45, 2.75) is 0 Å². The third-order valence-electron chi connectivity index (χ3n) is 13.4. The van der Waals surface area contributed by atoms with Gasteiger partial charge in [0.25, 0.3) is 0 Å². The minimum absolute atomic E-state index is 0.557. The molecule has 0 unspecified atom stereocenters. The molecule has 0 aliphatic carbocycles. The van der Waals surface area contributed by atoms with Crippen LogP contribution in [-0.2, 0) is 0 Å². The zero-order chi connectivity index (χ0) is 43.0. The van der Waals surface area contributed by atoms with E-state index in [1.807, 2.05) is 24.3 Å². The first kappa shape index (κ1) is 35.8. The van der Waals surface area contributed by atoms with E-state index in [1.54, 1.807) is 11.3 Å². The SMILES string of the molecule is c1ccc2cc3c(cc2c1)c1ccccc1n3-c1c(-c2nc(-c3ccc4oc5ccccc5c4c3)nc(-c3ccc4sc5ccccc5c4c3)n2)ccc2oc3c4ccccc4ccc3c12. The maximum Gasteiger partial charge on any atom is 0.166 e. The molecule has 66 heavy (non-hydrogen) atoms. The lowest BCUT2D eigenvalue weighted by Gasteiger charge is -2.16. The van der Waals surface area contributed by atoms with Crippen molar-refractivity contribution < 1.29 is 8.83 Å². The van der Waals surface area contributed by atoms with E-state index < -0.39 is 0 Å². The van der Waals surface area contributed by atoms with Crippen LogP contribution in [0.15, 0.2) is 203 Å². The largest absolute Gasteiger partial charge is 0.456 e. The zero-order valence-corrected chi connectivity index (χ0v) is 35.8. The Hall–Kier alpha value is -8.65. The number of benzene rings is 10. The Morgan fingerprint density at radius 3 is 1.86 bits per heavy atom. The number of rotatable bonds is 4. The summed E-state index contributed by atoms with van der Waals surface area (Å²) in [7, 11) is 0. The number of fused-ring (bicyclic) bond motifs is 15. The maximum atomic E-state index is 6.94. The summed E-state index contributed by atoms with van der Waals surface area (Å²) < 4.78 is 18.1. The second-order valence-corrected chi connectivity index (χ2v) is 18.2. The summed E-state index contributed by atoms with van der Waals surface area (Å²) in [5.74, 6) is 1.72. The Labute approximate surface area is 379 Å². The highest BCUT2D eigenvalue weighted by molar-refractivity contribution is 7.25. The number of para-hydroxylation sites is 2. The van der Waals surface area contributed by atoms with Gasteiger partial charge in [-0.05, 0) is 101 Å². The number of thiophene rings is 1. The summed E-state index contributed by atoms with van der Waals surface area (Å²) in [6, 6.07) is 68.5. The van der Waals surface area contributed by atoms with Crippen molar-refractivity contribution >= 4 is 119 Å². The molecule has 0 saturated carbocycles. The van der Waals surface area contributed by atoms with Crippen LogP contribution in [0.1, 0.15) is 0 Å². The molecular weight excluding hydrogens is 829 g/mol. The van der Waals surface area contributed by atoms with Crippen LogP contribution in [0.3, 0.4) is 0 Å². The fraction of sp³-hybridized carbons (Fsp3) is 0. The second-order valence-electron chi connectivity index (χ2n) is 17.1. The smallest absolute Gasteiger partial charge is 0.166 e. The lowest BCUT2D eigenvalue weighted by atomic mass is 10.0. The van der Waals surface area contributed by atoms with Crippen LogP contribution in [0.5, 0.6) is 0 Å². The number of furan rings is 2. The fourth-order valence-electron chi connectivity index (χ4n) is 10.4. The van der Waals surface area contributed by atoms with Crippen molar-refractivity contribution in [2.24, 2.45) is 0 Å².